The average molecular weight is 747 g/mol. The lowest BCUT2D eigenvalue weighted by atomic mass is 9.62. The first-order valence-corrected chi connectivity index (χ1v) is 20.3. The molecule has 2 amide bonds. The number of aliphatic carboxylic acids is 1. The molecule has 3 fully saturated rings. The summed E-state index contributed by atoms with van der Waals surface area (Å²) in [5.41, 5.74) is 7.39. The number of hydrogen-bond donors (Lipinski definition) is 4. The Morgan fingerprint density at radius 3 is 2.48 bits per heavy atom. The Labute approximate surface area is 320 Å². The van der Waals surface area contributed by atoms with Crippen molar-refractivity contribution in [1.82, 2.24) is 20.2 Å². The molecule has 2 aliphatic carbocycles. The topological polar surface area (TPSA) is 166 Å². The second kappa shape index (κ2) is 16.8. The molecule has 2 aromatic rings. The van der Waals surface area contributed by atoms with Crippen molar-refractivity contribution in [1.29, 1.82) is 0 Å². The van der Waals surface area contributed by atoms with Crippen LogP contribution >= 0.6 is 0 Å². The summed E-state index contributed by atoms with van der Waals surface area (Å²) in [5.74, 6) is 1.82. The maximum Gasteiger partial charge on any atom is 0.324 e. The van der Waals surface area contributed by atoms with Crippen molar-refractivity contribution >= 4 is 40.9 Å². The number of nitrogens with zero attached hydrogens (tertiary/aromatic N) is 5. The molecule has 13 heteroatoms. The summed E-state index contributed by atoms with van der Waals surface area (Å²) in [4.78, 5) is 55.1. The fourth-order valence-electron chi connectivity index (χ4n) is 9.66. The molecule has 0 unspecified atom stereocenters. The van der Waals surface area contributed by atoms with E-state index in [1.165, 1.54) is 0 Å². The number of carbonyl (C=O) groups is 3. The zero-order chi connectivity index (χ0) is 38.7. The van der Waals surface area contributed by atoms with Gasteiger partial charge in [0.25, 0.3) is 5.91 Å². The van der Waals surface area contributed by atoms with Gasteiger partial charge in [0.2, 0.25) is 11.9 Å². The molecule has 54 heavy (non-hydrogen) atoms. The fourth-order valence-corrected chi connectivity index (χ4v) is 9.66. The molecule has 5 atom stereocenters. The number of carboxylic acid groups (broad SMARTS) is 1. The summed E-state index contributed by atoms with van der Waals surface area (Å²) in [5, 5.41) is 16.9. The maximum absolute atomic E-state index is 13.4. The van der Waals surface area contributed by atoms with Gasteiger partial charge in [-0.25, -0.2) is 4.98 Å². The molecule has 13 nitrogen and oxygen atoms in total. The number of nitrogens with two attached hydrogens (primary N) is 1. The molecule has 1 saturated heterocycles. The molecule has 2 saturated carbocycles. The first kappa shape index (κ1) is 39.7. The van der Waals surface area contributed by atoms with E-state index in [0.29, 0.717) is 65.8 Å². The number of nitrogens with one attached hydrogen (secondary N) is 2. The minimum Gasteiger partial charge on any atom is -0.495 e. The molecule has 5 N–H and O–H groups in total. The lowest BCUT2D eigenvalue weighted by Crippen LogP contribution is -2.59. The van der Waals surface area contributed by atoms with Crippen LogP contribution in [0, 0.1) is 23.7 Å². The summed E-state index contributed by atoms with van der Waals surface area (Å²) in [7, 11) is 3.35. The van der Waals surface area contributed by atoms with Crippen molar-refractivity contribution in [3.05, 3.63) is 30.0 Å². The normalized spacial score (nSPS) is 25.4. The predicted octanol–water partition coefficient (Wildman–Crippen LogP) is 5.81. The van der Waals surface area contributed by atoms with E-state index in [9.17, 15) is 19.5 Å². The Balaban J connectivity index is 1.06. The second-order valence-corrected chi connectivity index (χ2v) is 16.7. The number of anilines is 4. The Bertz CT molecular complexity index is 1660. The number of likely N-dealkylation sites (tertiary alicyclic amines) is 1. The third-order valence-electron chi connectivity index (χ3n) is 13.0. The van der Waals surface area contributed by atoms with Crippen LogP contribution in [0.25, 0.3) is 0 Å². The van der Waals surface area contributed by atoms with Gasteiger partial charge in [-0.2, -0.15) is 4.98 Å². The van der Waals surface area contributed by atoms with Crippen LogP contribution in [0.3, 0.4) is 0 Å². The van der Waals surface area contributed by atoms with Gasteiger partial charge in [0.05, 0.1) is 19.0 Å². The van der Waals surface area contributed by atoms with Gasteiger partial charge in [-0.05, 0) is 93.2 Å². The quantitative estimate of drug-likeness (QED) is 0.196. The molecule has 6 rings (SSSR count). The lowest BCUT2D eigenvalue weighted by molar-refractivity contribution is -0.149. The molecule has 4 aliphatic rings. The van der Waals surface area contributed by atoms with Crippen LogP contribution in [-0.4, -0.2) is 95.2 Å². The number of carbonyl (C=O) groups excluding carboxylic acids is 2. The van der Waals surface area contributed by atoms with Crippen LogP contribution in [0.15, 0.2) is 24.4 Å². The third kappa shape index (κ3) is 8.17. The Kier molecular flexibility index (Phi) is 12.4. The predicted molar refractivity (Wildman–Crippen MR) is 211 cm³/mol. The van der Waals surface area contributed by atoms with Crippen molar-refractivity contribution in [2.45, 2.75) is 122 Å². The zero-order valence-corrected chi connectivity index (χ0v) is 33.1. The van der Waals surface area contributed by atoms with Crippen molar-refractivity contribution in [3.8, 4) is 5.75 Å². The number of ether oxygens (including phenoxy) is 1. The SMILES string of the molecule is CC[C@@H]1C(=O)N(C)c2cnc(Nc3ccc(C(=O)NC4CCN(CC[C@](N)(C(=O)O)[C@@H]5C[C@H](C)CC[C@H]5C(C)C)CC4)cc3OC)nc2N1C1CCCC1. The largest absolute Gasteiger partial charge is 0.495 e. The number of methoxy groups -OCH3 is 1. The van der Waals surface area contributed by atoms with Crippen molar-refractivity contribution in [3.63, 3.8) is 0 Å². The monoisotopic (exact) mass is 746 g/mol. The zero-order valence-electron chi connectivity index (χ0n) is 33.1. The van der Waals surface area contributed by atoms with E-state index in [4.69, 9.17) is 15.5 Å². The van der Waals surface area contributed by atoms with E-state index in [-0.39, 0.29) is 35.9 Å². The smallest absolute Gasteiger partial charge is 0.324 e. The number of hydrogen-bond acceptors (Lipinski definition) is 10. The van der Waals surface area contributed by atoms with Crippen molar-refractivity contribution in [2.75, 3.05) is 48.9 Å². The van der Waals surface area contributed by atoms with Crippen molar-refractivity contribution < 1.29 is 24.2 Å². The first-order valence-electron chi connectivity index (χ1n) is 20.3. The van der Waals surface area contributed by atoms with E-state index in [2.05, 4.69) is 46.2 Å². The third-order valence-corrected chi connectivity index (χ3v) is 13.0. The average Bonchev–Trinajstić information content (AvgIpc) is 3.70. The molecule has 0 bridgehead atoms. The van der Waals surface area contributed by atoms with E-state index < -0.39 is 11.5 Å². The van der Waals surface area contributed by atoms with Gasteiger partial charge in [-0.1, -0.05) is 47.0 Å². The summed E-state index contributed by atoms with van der Waals surface area (Å²) in [6, 6.07) is 5.30. The molecular formula is C41H62N8O5. The van der Waals surface area contributed by atoms with Gasteiger partial charge in [0, 0.05) is 44.3 Å². The molecule has 2 aliphatic heterocycles. The van der Waals surface area contributed by atoms with E-state index in [0.717, 1.165) is 76.7 Å². The molecule has 1 aromatic carbocycles. The Morgan fingerprint density at radius 1 is 1.11 bits per heavy atom. The number of aromatic nitrogens is 2. The Hall–Kier alpha value is -3.97. The van der Waals surface area contributed by atoms with Crippen LogP contribution in [0.5, 0.6) is 5.75 Å². The van der Waals surface area contributed by atoms with E-state index in [1.54, 1.807) is 43.5 Å². The molecule has 3 heterocycles. The highest BCUT2D eigenvalue weighted by molar-refractivity contribution is 6.04. The molecule has 1 aromatic heterocycles. The fraction of sp³-hybridized carbons (Fsp3) is 0.683. The van der Waals surface area contributed by atoms with Gasteiger partial charge in [0.1, 0.15) is 23.0 Å². The summed E-state index contributed by atoms with van der Waals surface area (Å²) in [6.07, 6.45) is 11.8. The number of benzene rings is 1. The number of piperidine rings is 1. The van der Waals surface area contributed by atoms with Crippen molar-refractivity contribution in [2.24, 2.45) is 29.4 Å². The summed E-state index contributed by atoms with van der Waals surface area (Å²) >= 11 is 0. The summed E-state index contributed by atoms with van der Waals surface area (Å²) < 4.78 is 5.71. The highest BCUT2D eigenvalue weighted by Gasteiger charge is 2.48. The Morgan fingerprint density at radius 2 is 1.83 bits per heavy atom. The van der Waals surface area contributed by atoms with Crippen LogP contribution in [0.4, 0.5) is 23.1 Å². The van der Waals surface area contributed by atoms with E-state index >= 15 is 0 Å². The minimum absolute atomic E-state index is 0.00726. The van der Waals surface area contributed by atoms with Gasteiger partial charge < -0.3 is 40.9 Å². The van der Waals surface area contributed by atoms with Crippen LogP contribution in [0.2, 0.25) is 0 Å². The highest BCUT2D eigenvalue weighted by Crippen LogP contribution is 2.44. The molecule has 296 valence electrons. The van der Waals surface area contributed by atoms with E-state index in [1.807, 2.05) is 6.92 Å². The number of carboxylic acids is 1. The number of rotatable bonds is 13. The standard InChI is InChI=1S/C41H62N8O5/c1-7-33-38(51)47(5)34-24-43-40(46-36(34)49(33)29-10-8-9-11-29)45-32-15-13-27(23-35(32)54-6)37(50)44-28-16-19-48(20-17-28)21-18-41(42,39(52)53)31-22-26(4)12-14-30(31)25(2)3/h13,15,23-26,28-31,33H,7-12,14,16-22,42H2,1-6H3,(H,44,50)(H,52,53)(H,43,45,46)/t26-,30+,31-,33-,41-/m1/s1. The molecule has 0 radical (unpaired) electrons. The van der Waals surface area contributed by atoms with Crippen LogP contribution in [-0.2, 0) is 9.59 Å². The summed E-state index contributed by atoms with van der Waals surface area (Å²) in [6.45, 7) is 10.8. The highest BCUT2D eigenvalue weighted by atomic mass is 16.5. The van der Waals surface area contributed by atoms with Crippen LogP contribution < -0.4 is 30.9 Å². The number of amides is 2. The maximum atomic E-state index is 13.4. The van der Waals surface area contributed by atoms with Gasteiger partial charge in [-0.3, -0.25) is 14.4 Å². The van der Waals surface area contributed by atoms with Gasteiger partial charge in [-0.15, -0.1) is 0 Å². The molecular weight excluding hydrogens is 685 g/mol. The van der Waals surface area contributed by atoms with Crippen LogP contribution in [0.1, 0.15) is 109 Å². The number of fused-ring (bicyclic) bond motifs is 1. The molecule has 0 spiro atoms. The first-order chi connectivity index (χ1) is 25.8. The second-order valence-electron chi connectivity index (χ2n) is 16.7. The number of likely N-dealkylation sites (N-methyl/N-ethyl adjacent to an activating group) is 1. The lowest BCUT2D eigenvalue weighted by Gasteiger charge is -2.46. The minimum atomic E-state index is -1.24. The van der Waals surface area contributed by atoms with Gasteiger partial charge in [0.15, 0.2) is 5.82 Å². The van der Waals surface area contributed by atoms with Gasteiger partial charge >= 0.3 is 5.97 Å².